The summed E-state index contributed by atoms with van der Waals surface area (Å²) in [5.41, 5.74) is 0.260. The molecule has 1 aromatic heterocycles. The van der Waals surface area contributed by atoms with Crippen LogP contribution in [0, 0.1) is 0 Å². The van der Waals surface area contributed by atoms with Crippen LogP contribution in [0.15, 0.2) is 17.5 Å². The van der Waals surface area contributed by atoms with E-state index in [-0.39, 0.29) is 5.54 Å². The molecule has 0 fully saturated rings. The van der Waals surface area contributed by atoms with Gasteiger partial charge in [-0.15, -0.1) is 11.3 Å². The van der Waals surface area contributed by atoms with Crippen LogP contribution in [0.5, 0.6) is 0 Å². The molecule has 0 amide bonds. The number of hydrogen-bond acceptors (Lipinski definition) is 3. The minimum absolute atomic E-state index is 0.260. The van der Waals surface area contributed by atoms with Crippen molar-refractivity contribution in [1.82, 2.24) is 10.2 Å². The van der Waals surface area contributed by atoms with Gasteiger partial charge >= 0.3 is 0 Å². The van der Waals surface area contributed by atoms with Crippen molar-refractivity contribution in [3.8, 4) is 0 Å². The highest BCUT2D eigenvalue weighted by atomic mass is 32.1. The van der Waals surface area contributed by atoms with E-state index in [2.05, 4.69) is 55.5 Å². The maximum absolute atomic E-state index is 3.53. The zero-order valence-electron chi connectivity index (χ0n) is 12.3. The summed E-state index contributed by atoms with van der Waals surface area (Å²) >= 11 is 1.85. The van der Waals surface area contributed by atoms with Gasteiger partial charge in [0.2, 0.25) is 0 Å². The third-order valence-electron chi connectivity index (χ3n) is 2.88. The Balaban J connectivity index is 1.97. The van der Waals surface area contributed by atoms with Gasteiger partial charge in [-0.25, -0.2) is 0 Å². The van der Waals surface area contributed by atoms with Crippen molar-refractivity contribution in [1.29, 1.82) is 0 Å². The van der Waals surface area contributed by atoms with Crippen molar-refractivity contribution in [2.24, 2.45) is 0 Å². The molecule has 0 saturated carbocycles. The quantitative estimate of drug-likeness (QED) is 0.723. The van der Waals surface area contributed by atoms with Gasteiger partial charge in [0.05, 0.1) is 0 Å². The summed E-state index contributed by atoms with van der Waals surface area (Å²) in [5.74, 6) is 0. The number of nitrogens with one attached hydrogen (secondary N) is 1. The molecule has 1 N–H and O–H groups in total. The maximum Gasteiger partial charge on any atom is 0.0324 e. The molecule has 0 aliphatic heterocycles. The average molecular weight is 268 g/mol. The third-order valence-corrected chi connectivity index (χ3v) is 3.74. The Labute approximate surface area is 116 Å². The minimum atomic E-state index is 0.260. The monoisotopic (exact) mass is 268 g/mol. The highest BCUT2D eigenvalue weighted by Crippen LogP contribution is 2.11. The van der Waals surface area contributed by atoms with Gasteiger partial charge in [-0.1, -0.05) is 12.5 Å². The van der Waals surface area contributed by atoms with Crippen LogP contribution >= 0.6 is 11.3 Å². The first kappa shape index (κ1) is 15.7. The fraction of sp³-hybridized carbons (Fsp3) is 0.733. The van der Waals surface area contributed by atoms with Crippen LogP contribution in [0.25, 0.3) is 0 Å². The molecule has 0 spiro atoms. The molecule has 0 aromatic carbocycles. The lowest BCUT2D eigenvalue weighted by Crippen LogP contribution is -2.36. The Hall–Kier alpha value is -0.380. The zero-order valence-corrected chi connectivity index (χ0v) is 13.1. The van der Waals surface area contributed by atoms with Gasteiger partial charge in [0, 0.05) is 17.0 Å². The highest BCUT2D eigenvalue weighted by molar-refractivity contribution is 7.09. The molecule has 104 valence electrons. The molecule has 2 nitrogen and oxygen atoms in total. The molecule has 0 aliphatic rings. The van der Waals surface area contributed by atoms with E-state index in [4.69, 9.17) is 0 Å². The topological polar surface area (TPSA) is 15.3 Å². The Bertz CT molecular complexity index is 301. The van der Waals surface area contributed by atoms with Gasteiger partial charge in [-0.2, -0.15) is 0 Å². The maximum atomic E-state index is 3.53. The van der Waals surface area contributed by atoms with Crippen molar-refractivity contribution in [2.75, 3.05) is 20.1 Å². The van der Waals surface area contributed by atoms with E-state index in [1.807, 2.05) is 11.3 Å². The third kappa shape index (κ3) is 7.85. The smallest absolute Gasteiger partial charge is 0.0324 e. The van der Waals surface area contributed by atoms with Gasteiger partial charge in [-0.05, 0) is 65.2 Å². The lowest BCUT2D eigenvalue weighted by atomic mass is 10.1. The molecule has 3 heteroatoms. The molecule has 1 aromatic rings. The summed E-state index contributed by atoms with van der Waals surface area (Å²) in [7, 11) is 2.22. The number of thiophene rings is 1. The number of rotatable bonds is 8. The molecule has 18 heavy (non-hydrogen) atoms. The standard InChI is InChI=1S/C15H28N2S/c1-15(2,3)16-10-6-5-7-11-17(4)13-14-9-8-12-18-14/h8-9,12,16H,5-7,10-11,13H2,1-4H3. The zero-order chi connectivity index (χ0) is 13.4. The number of nitrogens with zero attached hydrogens (tertiary/aromatic N) is 1. The first-order valence-corrected chi connectivity index (χ1v) is 7.81. The van der Waals surface area contributed by atoms with Gasteiger partial charge < -0.3 is 10.2 Å². The van der Waals surface area contributed by atoms with Crippen LogP contribution in [0.4, 0.5) is 0 Å². The van der Waals surface area contributed by atoms with Crippen molar-refractivity contribution < 1.29 is 0 Å². The predicted octanol–water partition coefficient (Wildman–Crippen LogP) is 3.74. The molecule has 0 atom stereocenters. The molecule has 1 heterocycles. The van der Waals surface area contributed by atoms with E-state index in [9.17, 15) is 0 Å². The van der Waals surface area contributed by atoms with Crippen LogP contribution in [0.1, 0.15) is 44.9 Å². The Morgan fingerprint density at radius 3 is 2.61 bits per heavy atom. The Morgan fingerprint density at radius 1 is 1.22 bits per heavy atom. The Morgan fingerprint density at radius 2 is 2.00 bits per heavy atom. The first-order valence-electron chi connectivity index (χ1n) is 6.93. The van der Waals surface area contributed by atoms with Crippen molar-refractivity contribution in [2.45, 2.75) is 52.1 Å². The molecular weight excluding hydrogens is 240 g/mol. The lowest BCUT2D eigenvalue weighted by molar-refractivity contribution is 0.317. The molecule has 0 saturated heterocycles. The van der Waals surface area contributed by atoms with Crippen LogP contribution in [-0.2, 0) is 6.54 Å². The number of unbranched alkanes of at least 4 members (excludes halogenated alkanes) is 2. The van der Waals surface area contributed by atoms with E-state index in [1.54, 1.807) is 0 Å². The van der Waals surface area contributed by atoms with E-state index >= 15 is 0 Å². The normalized spacial score (nSPS) is 12.3. The summed E-state index contributed by atoms with van der Waals surface area (Å²) in [4.78, 5) is 3.88. The summed E-state index contributed by atoms with van der Waals surface area (Å²) in [6.07, 6.45) is 3.90. The van der Waals surface area contributed by atoms with Gasteiger partial charge in [0.1, 0.15) is 0 Å². The molecular formula is C15H28N2S. The second-order valence-corrected chi connectivity index (χ2v) is 7.09. The summed E-state index contributed by atoms with van der Waals surface area (Å²) in [6.45, 7) is 10.1. The largest absolute Gasteiger partial charge is 0.312 e. The van der Waals surface area contributed by atoms with Crippen molar-refractivity contribution in [3.63, 3.8) is 0 Å². The lowest BCUT2D eigenvalue weighted by Gasteiger charge is -2.20. The van der Waals surface area contributed by atoms with Gasteiger partial charge in [-0.3, -0.25) is 0 Å². The molecule has 0 radical (unpaired) electrons. The SMILES string of the molecule is CN(CCCCCNC(C)(C)C)Cc1cccs1. The number of hydrogen-bond donors (Lipinski definition) is 1. The second-order valence-electron chi connectivity index (χ2n) is 6.05. The fourth-order valence-electron chi connectivity index (χ4n) is 1.89. The minimum Gasteiger partial charge on any atom is -0.312 e. The van der Waals surface area contributed by atoms with Gasteiger partial charge in [0.15, 0.2) is 0 Å². The second kappa shape index (κ2) is 7.93. The van der Waals surface area contributed by atoms with E-state index < -0.39 is 0 Å². The predicted molar refractivity (Wildman–Crippen MR) is 82.3 cm³/mol. The first-order chi connectivity index (χ1) is 8.47. The van der Waals surface area contributed by atoms with E-state index in [0.717, 1.165) is 13.1 Å². The average Bonchev–Trinajstić information content (AvgIpc) is 2.74. The van der Waals surface area contributed by atoms with Crippen molar-refractivity contribution >= 4 is 11.3 Å². The van der Waals surface area contributed by atoms with Crippen LogP contribution in [0.2, 0.25) is 0 Å². The van der Waals surface area contributed by atoms with E-state index in [1.165, 1.54) is 30.7 Å². The van der Waals surface area contributed by atoms with Crippen molar-refractivity contribution in [3.05, 3.63) is 22.4 Å². The molecule has 1 rings (SSSR count). The van der Waals surface area contributed by atoms with E-state index in [0.29, 0.717) is 0 Å². The summed E-state index contributed by atoms with van der Waals surface area (Å²) in [5, 5.41) is 5.69. The fourth-order valence-corrected chi connectivity index (χ4v) is 2.68. The molecule has 0 unspecified atom stereocenters. The van der Waals surface area contributed by atoms with Crippen LogP contribution < -0.4 is 5.32 Å². The summed E-state index contributed by atoms with van der Waals surface area (Å²) in [6, 6.07) is 4.35. The van der Waals surface area contributed by atoms with Gasteiger partial charge in [0.25, 0.3) is 0 Å². The van der Waals surface area contributed by atoms with Crippen LogP contribution in [-0.4, -0.2) is 30.6 Å². The van der Waals surface area contributed by atoms with Crippen LogP contribution in [0.3, 0.4) is 0 Å². The molecule has 0 bridgehead atoms. The molecule has 0 aliphatic carbocycles. The Kier molecular flexibility index (Phi) is 6.90. The summed E-state index contributed by atoms with van der Waals surface area (Å²) < 4.78 is 0. The highest BCUT2D eigenvalue weighted by Gasteiger charge is 2.07.